The molecule has 128 valence electrons. The number of ether oxygens (including phenoxy) is 1. The molecule has 7 heteroatoms. The molecule has 0 fully saturated rings. The Balaban J connectivity index is 1.87. The highest BCUT2D eigenvalue weighted by atomic mass is 16.5. The van der Waals surface area contributed by atoms with E-state index < -0.39 is 0 Å². The number of hydrogen-bond acceptors (Lipinski definition) is 5. The number of hydrazone groups is 1. The van der Waals surface area contributed by atoms with Crippen LogP contribution in [0.4, 0.5) is 0 Å². The minimum Gasteiger partial charge on any atom is -0.504 e. The molecule has 0 saturated carbocycles. The van der Waals surface area contributed by atoms with Crippen LogP contribution in [0.2, 0.25) is 0 Å². The second-order valence-electron chi connectivity index (χ2n) is 5.37. The van der Waals surface area contributed by atoms with Crippen LogP contribution in [0.3, 0.4) is 0 Å². The highest BCUT2D eigenvalue weighted by Gasteiger charge is 2.08. The summed E-state index contributed by atoms with van der Waals surface area (Å²) in [4.78, 5) is 11.9. The molecule has 0 aliphatic carbocycles. The van der Waals surface area contributed by atoms with Gasteiger partial charge in [0, 0.05) is 12.1 Å². The van der Waals surface area contributed by atoms with Crippen LogP contribution in [-0.2, 0) is 11.2 Å². The van der Waals surface area contributed by atoms with Crippen molar-refractivity contribution >= 4 is 12.1 Å². The van der Waals surface area contributed by atoms with Gasteiger partial charge in [-0.15, -0.1) is 0 Å². The van der Waals surface area contributed by atoms with Gasteiger partial charge >= 0.3 is 0 Å². The van der Waals surface area contributed by atoms with Gasteiger partial charge in [0.2, 0.25) is 5.91 Å². The van der Waals surface area contributed by atoms with Crippen molar-refractivity contribution in [1.82, 2.24) is 15.6 Å². The van der Waals surface area contributed by atoms with Gasteiger partial charge in [0.25, 0.3) is 0 Å². The van der Waals surface area contributed by atoms with Gasteiger partial charge in [0.05, 0.1) is 18.5 Å². The summed E-state index contributed by atoms with van der Waals surface area (Å²) >= 11 is 0. The number of amides is 1. The first kappa shape index (κ1) is 17.5. The Kier molecular flexibility index (Phi) is 5.95. The van der Waals surface area contributed by atoms with E-state index in [1.54, 1.807) is 12.1 Å². The lowest BCUT2D eigenvalue weighted by Crippen LogP contribution is -2.18. The summed E-state index contributed by atoms with van der Waals surface area (Å²) in [6, 6.07) is 4.87. The van der Waals surface area contributed by atoms with E-state index >= 15 is 0 Å². The summed E-state index contributed by atoms with van der Waals surface area (Å²) < 4.78 is 5.30. The van der Waals surface area contributed by atoms with Crippen molar-refractivity contribution in [2.75, 3.05) is 6.61 Å². The first-order chi connectivity index (χ1) is 11.5. The second kappa shape index (κ2) is 8.14. The third-order valence-corrected chi connectivity index (χ3v) is 3.57. The molecule has 0 aliphatic rings. The van der Waals surface area contributed by atoms with Crippen molar-refractivity contribution < 1.29 is 14.6 Å². The van der Waals surface area contributed by atoms with Gasteiger partial charge in [-0.05, 0) is 56.5 Å². The molecule has 0 spiro atoms. The quantitative estimate of drug-likeness (QED) is 0.535. The summed E-state index contributed by atoms with van der Waals surface area (Å²) in [5, 5.41) is 20.6. The summed E-state index contributed by atoms with van der Waals surface area (Å²) in [6.45, 7) is 6.14. The van der Waals surface area contributed by atoms with Gasteiger partial charge in [-0.25, -0.2) is 5.43 Å². The summed E-state index contributed by atoms with van der Waals surface area (Å²) in [6.07, 6.45) is 2.45. The average molecular weight is 330 g/mol. The molecule has 0 bridgehead atoms. The van der Waals surface area contributed by atoms with Crippen LogP contribution in [0.5, 0.6) is 11.5 Å². The predicted octanol–water partition coefficient (Wildman–Crippen LogP) is 2.21. The monoisotopic (exact) mass is 330 g/mol. The molecule has 1 aromatic heterocycles. The van der Waals surface area contributed by atoms with Crippen molar-refractivity contribution in [1.29, 1.82) is 0 Å². The van der Waals surface area contributed by atoms with E-state index in [-0.39, 0.29) is 11.7 Å². The zero-order valence-corrected chi connectivity index (χ0v) is 14.1. The van der Waals surface area contributed by atoms with Crippen LogP contribution in [0.1, 0.15) is 35.9 Å². The number of nitrogens with one attached hydrogen (secondary N) is 2. The standard InChI is InChI=1S/C17H22N4O3/c1-4-24-16-9-13(5-7-15(16)22)10-18-21-17(23)8-6-14-11(2)19-20-12(14)3/h5,7,9-10,22H,4,6,8H2,1-3H3,(H,19,20)(H,21,23)/b18-10+. The average Bonchev–Trinajstić information content (AvgIpc) is 2.87. The van der Waals surface area contributed by atoms with Crippen LogP contribution >= 0.6 is 0 Å². The molecule has 1 aromatic carbocycles. The smallest absolute Gasteiger partial charge is 0.240 e. The molecular weight excluding hydrogens is 308 g/mol. The molecule has 0 saturated heterocycles. The van der Waals surface area contributed by atoms with E-state index in [0.717, 1.165) is 22.5 Å². The van der Waals surface area contributed by atoms with Gasteiger partial charge < -0.3 is 9.84 Å². The normalized spacial score (nSPS) is 11.0. The van der Waals surface area contributed by atoms with Crippen molar-refractivity contribution in [2.24, 2.45) is 5.10 Å². The minimum absolute atomic E-state index is 0.0730. The Bertz CT molecular complexity index is 718. The molecular formula is C17H22N4O3. The number of carbonyl (C=O) groups is 1. The fourth-order valence-corrected chi connectivity index (χ4v) is 2.30. The maximum atomic E-state index is 11.9. The minimum atomic E-state index is -0.171. The lowest BCUT2D eigenvalue weighted by Gasteiger charge is -2.06. The zero-order valence-electron chi connectivity index (χ0n) is 14.1. The van der Waals surface area contributed by atoms with Gasteiger partial charge in [-0.2, -0.15) is 10.2 Å². The zero-order chi connectivity index (χ0) is 17.5. The molecule has 0 aliphatic heterocycles. The van der Waals surface area contributed by atoms with Gasteiger partial charge in [-0.1, -0.05) is 0 Å². The summed E-state index contributed by atoms with van der Waals surface area (Å²) in [7, 11) is 0. The number of nitrogens with zero attached hydrogens (tertiary/aromatic N) is 2. The largest absolute Gasteiger partial charge is 0.504 e. The number of rotatable bonds is 7. The van der Waals surface area contributed by atoms with Crippen LogP contribution in [0.25, 0.3) is 0 Å². The van der Waals surface area contributed by atoms with Gasteiger partial charge in [-0.3, -0.25) is 9.89 Å². The SMILES string of the molecule is CCOc1cc(/C=N/NC(=O)CCc2c(C)n[nH]c2C)ccc1O. The molecule has 3 N–H and O–H groups in total. The third kappa shape index (κ3) is 4.58. The lowest BCUT2D eigenvalue weighted by molar-refractivity contribution is -0.121. The second-order valence-corrected chi connectivity index (χ2v) is 5.37. The number of aryl methyl sites for hydroxylation is 2. The van der Waals surface area contributed by atoms with Crippen LogP contribution in [0, 0.1) is 13.8 Å². The molecule has 0 atom stereocenters. The topological polar surface area (TPSA) is 99.6 Å². The molecule has 0 unspecified atom stereocenters. The highest BCUT2D eigenvalue weighted by Crippen LogP contribution is 2.26. The van der Waals surface area contributed by atoms with Gasteiger partial charge in [0.15, 0.2) is 11.5 Å². The summed E-state index contributed by atoms with van der Waals surface area (Å²) in [5.41, 5.74) is 6.18. The number of phenolic OH excluding ortho intramolecular Hbond substituents is 1. The van der Waals surface area contributed by atoms with Crippen molar-refractivity contribution in [3.8, 4) is 11.5 Å². The van der Waals surface area contributed by atoms with E-state index in [1.807, 2.05) is 20.8 Å². The molecule has 24 heavy (non-hydrogen) atoms. The summed E-state index contributed by atoms with van der Waals surface area (Å²) in [5.74, 6) is 0.289. The fourth-order valence-electron chi connectivity index (χ4n) is 2.30. The fraction of sp³-hybridized carbons (Fsp3) is 0.353. The molecule has 7 nitrogen and oxygen atoms in total. The molecule has 0 radical (unpaired) electrons. The highest BCUT2D eigenvalue weighted by molar-refractivity contribution is 5.83. The van der Waals surface area contributed by atoms with Crippen molar-refractivity contribution in [3.05, 3.63) is 40.7 Å². The van der Waals surface area contributed by atoms with E-state index in [4.69, 9.17) is 4.74 Å². The number of H-pyrrole nitrogens is 1. The number of aromatic hydroxyl groups is 1. The molecule has 2 aromatic rings. The number of aromatic nitrogens is 2. The Hall–Kier alpha value is -2.83. The number of benzene rings is 1. The van der Waals surface area contributed by atoms with Crippen LogP contribution in [-0.4, -0.2) is 34.0 Å². The van der Waals surface area contributed by atoms with Crippen LogP contribution in [0.15, 0.2) is 23.3 Å². The number of phenols is 1. The third-order valence-electron chi connectivity index (χ3n) is 3.57. The maximum absolute atomic E-state index is 11.9. The maximum Gasteiger partial charge on any atom is 0.240 e. The first-order valence-corrected chi connectivity index (χ1v) is 7.79. The van der Waals surface area contributed by atoms with Gasteiger partial charge in [0.1, 0.15) is 0 Å². The molecule has 1 heterocycles. The van der Waals surface area contributed by atoms with Crippen LogP contribution < -0.4 is 10.2 Å². The van der Waals surface area contributed by atoms with E-state index in [9.17, 15) is 9.90 Å². The Labute approximate surface area is 140 Å². The van der Waals surface area contributed by atoms with E-state index in [1.165, 1.54) is 12.3 Å². The lowest BCUT2D eigenvalue weighted by atomic mass is 10.1. The Morgan fingerprint density at radius 1 is 1.46 bits per heavy atom. The molecule has 2 rings (SSSR count). The van der Waals surface area contributed by atoms with Crippen molar-refractivity contribution in [3.63, 3.8) is 0 Å². The Morgan fingerprint density at radius 2 is 2.25 bits per heavy atom. The first-order valence-electron chi connectivity index (χ1n) is 7.79. The molecule has 1 amide bonds. The van der Waals surface area contributed by atoms with E-state index in [2.05, 4.69) is 20.7 Å². The number of aromatic amines is 1. The number of carbonyl (C=O) groups excluding carboxylic acids is 1. The predicted molar refractivity (Wildman–Crippen MR) is 91.4 cm³/mol. The van der Waals surface area contributed by atoms with E-state index in [0.29, 0.717) is 25.2 Å². The van der Waals surface area contributed by atoms with Crippen molar-refractivity contribution in [2.45, 2.75) is 33.6 Å². The Morgan fingerprint density at radius 3 is 2.92 bits per heavy atom. The number of hydrogen-bond donors (Lipinski definition) is 3.